The van der Waals surface area contributed by atoms with Gasteiger partial charge in [-0.3, -0.25) is 9.59 Å². The SMILES string of the molecule is CCCCCCCCC/C=C/CCCCCCCCCCCC[N+](CCC(=O)[O-])(CCC(=O)O)CCC(=O)O. The van der Waals surface area contributed by atoms with E-state index in [1.54, 1.807) is 0 Å². The molecule has 7 heteroatoms. The van der Waals surface area contributed by atoms with Crippen LogP contribution in [0.5, 0.6) is 0 Å². The maximum Gasteiger partial charge on any atom is 0.309 e. The Morgan fingerprint density at radius 3 is 1.28 bits per heavy atom. The summed E-state index contributed by atoms with van der Waals surface area (Å²) in [6.07, 6.45) is 28.2. The molecule has 0 radical (unpaired) electrons. The summed E-state index contributed by atoms with van der Waals surface area (Å²) >= 11 is 0. The van der Waals surface area contributed by atoms with Crippen molar-refractivity contribution in [2.75, 3.05) is 26.2 Å². The lowest BCUT2D eigenvalue weighted by Gasteiger charge is -2.38. The van der Waals surface area contributed by atoms with Crippen molar-refractivity contribution in [3.8, 4) is 0 Å². The summed E-state index contributed by atoms with van der Waals surface area (Å²) in [7, 11) is 0. The predicted molar refractivity (Wildman–Crippen MR) is 156 cm³/mol. The summed E-state index contributed by atoms with van der Waals surface area (Å²) in [6.45, 7) is 3.61. The fourth-order valence-electron chi connectivity index (χ4n) is 5.24. The van der Waals surface area contributed by atoms with Gasteiger partial charge in [0, 0.05) is 12.4 Å². The molecule has 0 spiro atoms. The van der Waals surface area contributed by atoms with Gasteiger partial charge in [0.1, 0.15) is 0 Å². The zero-order chi connectivity index (χ0) is 29.0. The second-order valence-electron chi connectivity index (χ2n) is 11.4. The average molecular weight is 554 g/mol. The number of carboxylic acid groups (broad SMARTS) is 3. The molecule has 0 heterocycles. The van der Waals surface area contributed by atoms with Crippen molar-refractivity contribution >= 4 is 17.9 Å². The quantitative estimate of drug-likeness (QED) is 0.0569. The fraction of sp³-hybridized carbons (Fsp3) is 0.844. The Morgan fingerprint density at radius 2 is 0.897 bits per heavy atom. The first-order chi connectivity index (χ1) is 18.8. The van der Waals surface area contributed by atoms with Crippen molar-refractivity contribution in [3.05, 3.63) is 12.2 Å². The third-order valence-electron chi connectivity index (χ3n) is 7.78. The molecule has 0 atom stereocenters. The van der Waals surface area contributed by atoms with Crippen LogP contribution < -0.4 is 5.11 Å². The highest BCUT2D eigenvalue weighted by Crippen LogP contribution is 2.17. The molecule has 39 heavy (non-hydrogen) atoms. The molecule has 0 unspecified atom stereocenters. The second-order valence-corrected chi connectivity index (χ2v) is 11.4. The van der Waals surface area contributed by atoms with Gasteiger partial charge in [-0.2, -0.15) is 0 Å². The molecule has 0 bridgehead atoms. The molecule has 0 aliphatic rings. The van der Waals surface area contributed by atoms with E-state index in [4.69, 9.17) is 10.2 Å². The Balaban J connectivity index is 3.88. The Bertz CT molecular complexity index is 603. The molecule has 0 aliphatic heterocycles. The van der Waals surface area contributed by atoms with Crippen LogP contribution in [0.25, 0.3) is 0 Å². The standard InChI is InChI=1S/C32H59NO6/c1-2-3-4-5-6-7-8-9-10-11-12-13-14-15-16-17-18-19-20-21-22-26-33(27-23-30(34)35,28-24-31(36)37)29-25-32(38)39/h10-11H,2-9,12-29H2,1H3,(H2-,34,35,36,37,38,39)/b11-10+. The summed E-state index contributed by atoms with van der Waals surface area (Å²) in [5, 5.41) is 29.3. The zero-order valence-electron chi connectivity index (χ0n) is 25.0. The Morgan fingerprint density at radius 1 is 0.538 bits per heavy atom. The van der Waals surface area contributed by atoms with E-state index in [0.717, 1.165) is 19.3 Å². The van der Waals surface area contributed by atoms with Crippen molar-refractivity contribution in [1.29, 1.82) is 0 Å². The summed E-state index contributed by atoms with van der Waals surface area (Å²) in [4.78, 5) is 33.3. The van der Waals surface area contributed by atoms with Crippen LogP contribution >= 0.6 is 0 Å². The molecule has 0 amide bonds. The summed E-state index contributed by atoms with van der Waals surface area (Å²) in [6, 6.07) is 0. The van der Waals surface area contributed by atoms with E-state index in [-0.39, 0.29) is 43.4 Å². The van der Waals surface area contributed by atoms with E-state index in [1.807, 2.05) is 0 Å². The van der Waals surface area contributed by atoms with Gasteiger partial charge in [-0.1, -0.05) is 103 Å². The van der Waals surface area contributed by atoms with Gasteiger partial charge in [0.15, 0.2) is 0 Å². The average Bonchev–Trinajstić information content (AvgIpc) is 2.90. The summed E-state index contributed by atoms with van der Waals surface area (Å²) < 4.78 is 0.223. The first-order valence-electron chi connectivity index (χ1n) is 15.9. The highest BCUT2D eigenvalue weighted by atomic mass is 16.4. The molecule has 0 saturated heterocycles. The Labute approximate surface area is 238 Å². The number of carboxylic acids is 3. The lowest BCUT2D eigenvalue weighted by molar-refractivity contribution is -0.927. The minimum atomic E-state index is -1.18. The minimum Gasteiger partial charge on any atom is -0.550 e. The Hall–Kier alpha value is -1.89. The van der Waals surface area contributed by atoms with Crippen molar-refractivity contribution in [3.63, 3.8) is 0 Å². The normalized spacial score (nSPS) is 11.8. The van der Waals surface area contributed by atoms with Gasteiger partial charge in [-0.25, -0.2) is 0 Å². The Kier molecular flexibility index (Phi) is 25.1. The van der Waals surface area contributed by atoms with Crippen molar-refractivity contribution in [2.24, 2.45) is 0 Å². The zero-order valence-corrected chi connectivity index (χ0v) is 25.0. The third kappa shape index (κ3) is 26.1. The van der Waals surface area contributed by atoms with Gasteiger partial charge >= 0.3 is 11.9 Å². The first kappa shape index (κ1) is 37.1. The molecule has 0 fully saturated rings. The van der Waals surface area contributed by atoms with Crippen LogP contribution in [0.15, 0.2) is 12.2 Å². The highest BCUT2D eigenvalue weighted by molar-refractivity contribution is 5.67. The predicted octanol–water partition coefficient (Wildman–Crippen LogP) is 6.88. The van der Waals surface area contributed by atoms with E-state index in [1.165, 1.54) is 103 Å². The number of hydrogen-bond acceptors (Lipinski definition) is 4. The summed E-state index contributed by atoms with van der Waals surface area (Å²) in [5.74, 6) is -3.08. The summed E-state index contributed by atoms with van der Waals surface area (Å²) in [5.41, 5.74) is 0. The largest absolute Gasteiger partial charge is 0.550 e. The second kappa shape index (κ2) is 26.3. The van der Waals surface area contributed by atoms with Gasteiger partial charge in [0.2, 0.25) is 0 Å². The van der Waals surface area contributed by atoms with Gasteiger partial charge in [0.25, 0.3) is 0 Å². The van der Waals surface area contributed by atoms with E-state index in [9.17, 15) is 19.5 Å². The molecule has 0 aromatic rings. The molecular weight excluding hydrogens is 494 g/mol. The maximum atomic E-state index is 11.1. The molecule has 7 nitrogen and oxygen atoms in total. The van der Waals surface area contributed by atoms with E-state index >= 15 is 0 Å². The highest BCUT2D eigenvalue weighted by Gasteiger charge is 2.28. The lowest BCUT2D eigenvalue weighted by atomic mass is 10.0. The molecule has 0 aromatic heterocycles. The number of allylic oxidation sites excluding steroid dienone is 2. The lowest BCUT2D eigenvalue weighted by Crippen LogP contribution is -2.53. The number of carbonyl (C=O) groups excluding carboxylic acids is 1. The van der Waals surface area contributed by atoms with Crippen molar-refractivity contribution in [2.45, 2.75) is 148 Å². The molecule has 0 rings (SSSR count). The minimum absolute atomic E-state index is 0.0950. The number of unbranched alkanes of at least 4 members (excludes halogenated alkanes) is 17. The van der Waals surface area contributed by atoms with Crippen molar-refractivity contribution in [1.82, 2.24) is 0 Å². The van der Waals surface area contributed by atoms with Crippen LogP contribution in [0.3, 0.4) is 0 Å². The monoisotopic (exact) mass is 553 g/mol. The third-order valence-corrected chi connectivity index (χ3v) is 7.78. The number of carbonyl (C=O) groups is 3. The molecule has 0 aromatic carbocycles. The molecule has 2 N–H and O–H groups in total. The number of rotatable bonds is 30. The van der Waals surface area contributed by atoms with Gasteiger partial charge in [-0.15, -0.1) is 0 Å². The number of quaternary nitrogens is 1. The number of aliphatic carboxylic acids is 3. The van der Waals surface area contributed by atoms with Crippen LogP contribution in [0.1, 0.15) is 148 Å². The van der Waals surface area contributed by atoms with Gasteiger partial charge in [-0.05, 0) is 38.5 Å². The molecule has 0 aliphatic carbocycles. The van der Waals surface area contributed by atoms with Gasteiger partial charge < -0.3 is 24.6 Å². The molecular formula is C32H59NO6. The van der Waals surface area contributed by atoms with E-state index in [0.29, 0.717) is 6.54 Å². The first-order valence-corrected chi connectivity index (χ1v) is 15.9. The molecule has 0 saturated carbocycles. The maximum absolute atomic E-state index is 11.1. The van der Waals surface area contributed by atoms with Gasteiger partial charge in [0.05, 0.1) is 39.0 Å². The number of nitrogens with zero attached hydrogens (tertiary/aromatic N) is 1. The molecule has 228 valence electrons. The van der Waals surface area contributed by atoms with Crippen LogP contribution in [-0.4, -0.2) is 58.8 Å². The smallest absolute Gasteiger partial charge is 0.309 e. The van der Waals surface area contributed by atoms with Crippen LogP contribution in [0.4, 0.5) is 0 Å². The number of hydrogen-bond donors (Lipinski definition) is 2. The van der Waals surface area contributed by atoms with Crippen LogP contribution in [-0.2, 0) is 14.4 Å². The van der Waals surface area contributed by atoms with Crippen molar-refractivity contribution < 1.29 is 34.2 Å². The van der Waals surface area contributed by atoms with E-state index in [2.05, 4.69) is 19.1 Å². The van der Waals surface area contributed by atoms with Crippen LogP contribution in [0.2, 0.25) is 0 Å². The topological polar surface area (TPSA) is 115 Å². The van der Waals surface area contributed by atoms with E-state index < -0.39 is 17.9 Å². The fourth-order valence-corrected chi connectivity index (χ4v) is 5.24. The van der Waals surface area contributed by atoms with Crippen LogP contribution in [0, 0.1) is 0 Å².